The number of anilines is 5. The van der Waals surface area contributed by atoms with E-state index in [-0.39, 0.29) is 23.1 Å². The van der Waals surface area contributed by atoms with Crippen LogP contribution >= 0.6 is 0 Å². The highest BCUT2D eigenvalue weighted by Crippen LogP contribution is 2.34. The average Bonchev–Trinajstić information content (AvgIpc) is 3.25. The Kier molecular flexibility index (Phi) is 6.56. The van der Waals surface area contributed by atoms with E-state index in [9.17, 15) is 22.4 Å². The Balaban J connectivity index is 1.74. The number of halogens is 4. The number of nitrogens with one attached hydrogen (secondary N) is 3. The third-order valence-electron chi connectivity index (χ3n) is 4.88. The zero-order valence-electron chi connectivity index (χ0n) is 18.6. The summed E-state index contributed by atoms with van der Waals surface area (Å²) >= 11 is 0. The number of carbonyl (C=O) groups is 1. The monoisotopic (exact) mass is 495 g/mol. The number of benzene rings is 2. The SMILES string of the molecule is C#CC(=O)Nc1ccc(F)c(Nc2nc(Nc3cnn(C)c3)ncc2-c2ccc(C(F)(F)F)cc2)c1. The Bertz CT molecular complexity index is 1460. The molecular formula is C24H17F4N7O. The van der Waals surface area contributed by atoms with Gasteiger partial charge < -0.3 is 16.0 Å². The molecule has 0 aliphatic carbocycles. The summed E-state index contributed by atoms with van der Waals surface area (Å²) in [4.78, 5) is 20.1. The molecule has 0 spiro atoms. The molecule has 0 saturated carbocycles. The molecule has 182 valence electrons. The molecule has 1 amide bonds. The van der Waals surface area contributed by atoms with Crippen molar-refractivity contribution in [2.24, 2.45) is 7.05 Å². The number of carbonyl (C=O) groups excluding carboxylic acids is 1. The molecular weight excluding hydrogens is 478 g/mol. The Labute approximate surface area is 202 Å². The van der Waals surface area contributed by atoms with Gasteiger partial charge in [-0.25, -0.2) is 9.37 Å². The van der Waals surface area contributed by atoms with Crippen molar-refractivity contribution in [2.75, 3.05) is 16.0 Å². The van der Waals surface area contributed by atoms with Crippen LogP contribution in [0.4, 0.5) is 46.4 Å². The predicted octanol–water partition coefficient (Wildman–Crippen LogP) is 5.09. The van der Waals surface area contributed by atoms with Gasteiger partial charge in [0.1, 0.15) is 11.6 Å². The number of rotatable bonds is 6. The molecule has 0 radical (unpaired) electrons. The molecule has 0 bridgehead atoms. The van der Waals surface area contributed by atoms with Crippen molar-refractivity contribution < 1.29 is 22.4 Å². The summed E-state index contributed by atoms with van der Waals surface area (Å²) in [7, 11) is 1.72. The van der Waals surface area contributed by atoms with Crippen molar-refractivity contribution in [1.82, 2.24) is 19.7 Å². The van der Waals surface area contributed by atoms with Gasteiger partial charge >= 0.3 is 6.18 Å². The van der Waals surface area contributed by atoms with E-state index in [2.05, 4.69) is 31.0 Å². The molecule has 0 fully saturated rings. The van der Waals surface area contributed by atoms with Crippen molar-refractivity contribution >= 4 is 34.7 Å². The van der Waals surface area contributed by atoms with Crippen LogP contribution in [0.1, 0.15) is 5.56 Å². The molecule has 4 rings (SSSR count). The highest BCUT2D eigenvalue weighted by molar-refractivity contribution is 6.03. The van der Waals surface area contributed by atoms with Crippen LogP contribution in [0.25, 0.3) is 11.1 Å². The van der Waals surface area contributed by atoms with Gasteiger partial charge in [-0.15, -0.1) is 6.42 Å². The number of alkyl halides is 3. The second kappa shape index (κ2) is 9.75. The maximum absolute atomic E-state index is 14.6. The standard InChI is InChI=1S/C24H17F4N7O/c1-3-21(36)31-16-8-9-19(25)20(10-16)33-22-18(14-4-6-15(7-5-14)24(26,27)28)12-29-23(34-22)32-17-11-30-35(2)13-17/h1,4-13H,2H3,(H,31,36)(H2,29,32,33,34). The normalized spacial score (nSPS) is 11.0. The Morgan fingerprint density at radius 3 is 2.44 bits per heavy atom. The maximum Gasteiger partial charge on any atom is 0.416 e. The van der Waals surface area contributed by atoms with Gasteiger partial charge in [0.2, 0.25) is 5.95 Å². The van der Waals surface area contributed by atoms with Crippen LogP contribution in [-0.4, -0.2) is 25.7 Å². The summed E-state index contributed by atoms with van der Waals surface area (Å²) in [5, 5.41) is 12.2. The average molecular weight is 495 g/mol. The van der Waals surface area contributed by atoms with Gasteiger partial charge in [-0.1, -0.05) is 12.1 Å². The fourth-order valence-corrected chi connectivity index (χ4v) is 3.20. The lowest BCUT2D eigenvalue weighted by atomic mass is 10.1. The van der Waals surface area contributed by atoms with E-state index in [1.165, 1.54) is 36.7 Å². The largest absolute Gasteiger partial charge is 0.416 e. The summed E-state index contributed by atoms with van der Waals surface area (Å²) in [6, 6.07) is 8.12. The fourth-order valence-electron chi connectivity index (χ4n) is 3.20. The summed E-state index contributed by atoms with van der Waals surface area (Å²) in [5.74, 6) is 0.719. The fraction of sp³-hybridized carbons (Fsp3) is 0.0833. The first-order valence-corrected chi connectivity index (χ1v) is 10.3. The smallest absolute Gasteiger partial charge is 0.337 e. The van der Waals surface area contributed by atoms with E-state index in [1.807, 2.05) is 5.92 Å². The summed E-state index contributed by atoms with van der Waals surface area (Å²) < 4.78 is 55.2. The van der Waals surface area contributed by atoms with E-state index in [1.54, 1.807) is 17.9 Å². The zero-order valence-corrected chi connectivity index (χ0v) is 18.6. The van der Waals surface area contributed by atoms with Crippen LogP contribution < -0.4 is 16.0 Å². The lowest BCUT2D eigenvalue weighted by Crippen LogP contribution is -2.09. The molecule has 2 heterocycles. The van der Waals surface area contributed by atoms with E-state index < -0.39 is 23.5 Å². The van der Waals surface area contributed by atoms with Gasteiger partial charge in [0.05, 0.1) is 23.1 Å². The Hall–Kier alpha value is -4.92. The minimum atomic E-state index is -4.50. The number of amides is 1. The summed E-state index contributed by atoms with van der Waals surface area (Å²) in [6.45, 7) is 0. The number of nitrogens with zero attached hydrogens (tertiary/aromatic N) is 4. The predicted molar refractivity (Wildman–Crippen MR) is 126 cm³/mol. The van der Waals surface area contributed by atoms with Crippen LogP contribution in [0.5, 0.6) is 0 Å². The van der Waals surface area contributed by atoms with E-state index in [0.717, 1.165) is 18.2 Å². The van der Waals surface area contributed by atoms with Crippen molar-refractivity contribution in [2.45, 2.75) is 6.18 Å². The molecule has 0 aliphatic heterocycles. The first kappa shape index (κ1) is 24.2. The van der Waals surface area contributed by atoms with Gasteiger partial charge in [0.15, 0.2) is 0 Å². The topological polar surface area (TPSA) is 96.8 Å². The maximum atomic E-state index is 14.6. The van der Waals surface area contributed by atoms with Gasteiger partial charge in [0.25, 0.3) is 5.91 Å². The first-order valence-electron chi connectivity index (χ1n) is 10.3. The van der Waals surface area contributed by atoms with Gasteiger partial charge in [-0.05, 0) is 41.8 Å². The highest BCUT2D eigenvalue weighted by Gasteiger charge is 2.30. The molecule has 2 aromatic carbocycles. The minimum absolute atomic E-state index is 0.0657. The number of aryl methyl sites for hydroxylation is 1. The molecule has 8 nitrogen and oxygen atoms in total. The number of aromatic nitrogens is 4. The molecule has 12 heteroatoms. The molecule has 2 aromatic heterocycles. The second-order valence-electron chi connectivity index (χ2n) is 7.48. The third-order valence-corrected chi connectivity index (χ3v) is 4.88. The minimum Gasteiger partial charge on any atom is -0.337 e. The molecule has 0 aliphatic rings. The van der Waals surface area contributed by atoms with Gasteiger partial charge in [-0.2, -0.15) is 23.3 Å². The molecule has 0 saturated heterocycles. The Morgan fingerprint density at radius 2 is 1.81 bits per heavy atom. The van der Waals surface area contributed by atoms with E-state index in [4.69, 9.17) is 6.42 Å². The molecule has 3 N–H and O–H groups in total. The Morgan fingerprint density at radius 1 is 1.06 bits per heavy atom. The van der Waals surface area contributed by atoms with Crippen LogP contribution in [0, 0.1) is 18.2 Å². The molecule has 4 aromatic rings. The quantitative estimate of drug-likeness (QED) is 0.255. The van der Waals surface area contributed by atoms with Crippen LogP contribution in [0.3, 0.4) is 0 Å². The third kappa shape index (κ3) is 5.58. The van der Waals surface area contributed by atoms with E-state index in [0.29, 0.717) is 16.8 Å². The van der Waals surface area contributed by atoms with Gasteiger partial charge in [0, 0.05) is 30.7 Å². The lowest BCUT2D eigenvalue weighted by Gasteiger charge is -2.15. The van der Waals surface area contributed by atoms with Crippen molar-refractivity contribution in [1.29, 1.82) is 0 Å². The van der Waals surface area contributed by atoms with Crippen LogP contribution in [0.2, 0.25) is 0 Å². The van der Waals surface area contributed by atoms with E-state index >= 15 is 0 Å². The zero-order chi connectivity index (χ0) is 25.9. The molecule has 0 unspecified atom stereocenters. The number of terminal acetylenes is 1. The lowest BCUT2D eigenvalue weighted by molar-refractivity contribution is -0.137. The molecule has 0 atom stereocenters. The van der Waals surface area contributed by atoms with Crippen molar-refractivity contribution in [3.63, 3.8) is 0 Å². The summed E-state index contributed by atoms with van der Waals surface area (Å²) in [6.07, 6.45) is 5.17. The summed E-state index contributed by atoms with van der Waals surface area (Å²) in [5.41, 5.74) is 0.578. The number of hydrogen-bond donors (Lipinski definition) is 3. The highest BCUT2D eigenvalue weighted by atomic mass is 19.4. The van der Waals surface area contributed by atoms with Crippen molar-refractivity contribution in [3.05, 3.63) is 72.4 Å². The molecule has 36 heavy (non-hydrogen) atoms. The number of hydrogen-bond acceptors (Lipinski definition) is 6. The van der Waals surface area contributed by atoms with Crippen LogP contribution in [0.15, 0.2) is 61.1 Å². The second-order valence-corrected chi connectivity index (χ2v) is 7.48. The van der Waals surface area contributed by atoms with Gasteiger partial charge in [-0.3, -0.25) is 9.48 Å². The van der Waals surface area contributed by atoms with Crippen LogP contribution in [-0.2, 0) is 18.0 Å². The first-order chi connectivity index (χ1) is 17.1. The van der Waals surface area contributed by atoms with Crippen molar-refractivity contribution in [3.8, 4) is 23.5 Å².